The smallest absolute Gasteiger partial charge is 0.243 e. The van der Waals surface area contributed by atoms with Gasteiger partial charge in [0.05, 0.1) is 29.9 Å². The van der Waals surface area contributed by atoms with Crippen molar-refractivity contribution in [1.29, 1.82) is 0 Å². The Hall–Kier alpha value is -3.35. The Balaban J connectivity index is 1.50. The Morgan fingerprint density at radius 2 is 1.93 bits per heavy atom. The highest BCUT2D eigenvalue weighted by molar-refractivity contribution is 5.98. The maximum atomic E-state index is 13.0. The minimum atomic E-state index is -0.433. The van der Waals surface area contributed by atoms with Crippen molar-refractivity contribution in [3.8, 4) is 5.75 Å². The molecule has 150 valence electrons. The molecule has 1 aliphatic rings. The van der Waals surface area contributed by atoms with Crippen LogP contribution in [-0.2, 0) is 9.59 Å². The molecule has 1 N–H and O–H groups in total. The first-order valence-corrected chi connectivity index (χ1v) is 9.67. The number of hydrogen-bond donors (Lipinski definition) is 1. The van der Waals surface area contributed by atoms with Crippen LogP contribution in [0.5, 0.6) is 5.75 Å². The average molecular weight is 392 g/mol. The van der Waals surface area contributed by atoms with Crippen LogP contribution in [0.15, 0.2) is 48.5 Å². The lowest BCUT2D eigenvalue weighted by atomic mass is 10.2. The van der Waals surface area contributed by atoms with Crippen LogP contribution >= 0.6 is 0 Å². The first-order valence-electron chi connectivity index (χ1n) is 9.67. The van der Waals surface area contributed by atoms with Gasteiger partial charge in [-0.1, -0.05) is 24.3 Å². The number of benzene rings is 2. The van der Waals surface area contributed by atoms with E-state index in [0.717, 1.165) is 22.5 Å². The molecule has 1 saturated heterocycles. The van der Waals surface area contributed by atoms with Crippen molar-refractivity contribution in [3.05, 3.63) is 54.4 Å². The van der Waals surface area contributed by atoms with Crippen molar-refractivity contribution in [1.82, 2.24) is 14.9 Å². The fourth-order valence-electron chi connectivity index (χ4n) is 3.98. The van der Waals surface area contributed by atoms with E-state index >= 15 is 0 Å². The number of anilines is 1. The van der Waals surface area contributed by atoms with Gasteiger partial charge in [0.1, 0.15) is 17.6 Å². The van der Waals surface area contributed by atoms with Crippen molar-refractivity contribution in [2.45, 2.75) is 32.4 Å². The minimum absolute atomic E-state index is 0.0308. The summed E-state index contributed by atoms with van der Waals surface area (Å²) in [5, 5.41) is 3.04. The van der Waals surface area contributed by atoms with Crippen LogP contribution in [-0.4, -0.2) is 41.1 Å². The molecular formula is C22H24N4O3. The molecule has 4 rings (SSSR count). The Labute approximate surface area is 169 Å². The summed E-state index contributed by atoms with van der Waals surface area (Å²) < 4.78 is 7.30. The lowest BCUT2D eigenvalue weighted by Crippen LogP contribution is -2.40. The van der Waals surface area contributed by atoms with E-state index in [-0.39, 0.29) is 24.3 Å². The number of carbonyl (C=O) groups excluding carboxylic acids is 2. The van der Waals surface area contributed by atoms with Gasteiger partial charge in [-0.05, 0) is 38.1 Å². The van der Waals surface area contributed by atoms with Crippen LogP contribution < -0.4 is 15.0 Å². The molecule has 7 nitrogen and oxygen atoms in total. The summed E-state index contributed by atoms with van der Waals surface area (Å²) in [6.45, 7) is 4.17. The maximum Gasteiger partial charge on any atom is 0.243 e. The molecular weight excluding hydrogens is 368 g/mol. The number of methoxy groups -OCH3 is 1. The third-order valence-corrected chi connectivity index (χ3v) is 5.39. The van der Waals surface area contributed by atoms with E-state index in [0.29, 0.717) is 12.3 Å². The Morgan fingerprint density at radius 3 is 2.72 bits per heavy atom. The normalized spacial score (nSPS) is 17.6. The summed E-state index contributed by atoms with van der Waals surface area (Å²) in [5.41, 5.74) is 2.51. The van der Waals surface area contributed by atoms with Crippen LogP contribution in [0.4, 0.5) is 5.69 Å². The Bertz CT molecular complexity index is 1070. The zero-order chi connectivity index (χ0) is 20.5. The summed E-state index contributed by atoms with van der Waals surface area (Å²) in [4.78, 5) is 31.7. The van der Waals surface area contributed by atoms with E-state index in [2.05, 4.69) is 10.3 Å². The fourth-order valence-corrected chi connectivity index (χ4v) is 3.98. The SMILES string of the molecule is COc1ccccc1N1CC(NC(=O)C(C)n2c(C)nc3ccccc32)CC1=O. The van der Waals surface area contributed by atoms with Crippen LogP contribution in [0.2, 0.25) is 0 Å². The molecule has 1 aromatic heterocycles. The highest BCUT2D eigenvalue weighted by atomic mass is 16.5. The summed E-state index contributed by atoms with van der Waals surface area (Å²) in [7, 11) is 1.58. The van der Waals surface area contributed by atoms with Crippen LogP contribution in [0.1, 0.15) is 25.2 Å². The molecule has 0 aliphatic carbocycles. The summed E-state index contributed by atoms with van der Waals surface area (Å²) >= 11 is 0. The first-order chi connectivity index (χ1) is 14.0. The third kappa shape index (κ3) is 3.44. The Morgan fingerprint density at radius 1 is 1.21 bits per heavy atom. The monoisotopic (exact) mass is 392 g/mol. The van der Waals surface area contributed by atoms with Gasteiger partial charge in [-0.2, -0.15) is 0 Å². The molecule has 2 unspecified atom stereocenters. The molecule has 7 heteroatoms. The molecule has 3 aromatic rings. The van der Waals surface area contributed by atoms with Gasteiger partial charge in [0.25, 0.3) is 0 Å². The number of aryl methyl sites for hydroxylation is 1. The average Bonchev–Trinajstić information content (AvgIpc) is 3.25. The second kappa shape index (κ2) is 7.58. The van der Waals surface area contributed by atoms with E-state index in [9.17, 15) is 9.59 Å². The molecule has 2 aromatic carbocycles. The summed E-state index contributed by atoms with van der Waals surface area (Å²) in [5.74, 6) is 1.27. The second-order valence-electron chi connectivity index (χ2n) is 7.28. The molecule has 29 heavy (non-hydrogen) atoms. The number of nitrogens with zero attached hydrogens (tertiary/aromatic N) is 3. The van der Waals surface area contributed by atoms with Crippen LogP contribution in [0, 0.1) is 6.92 Å². The zero-order valence-corrected chi connectivity index (χ0v) is 16.8. The number of para-hydroxylation sites is 4. The number of ether oxygens (including phenoxy) is 1. The Kier molecular flexibility index (Phi) is 4.96. The number of fused-ring (bicyclic) bond motifs is 1. The number of nitrogens with one attached hydrogen (secondary N) is 1. The number of imidazole rings is 1. The van der Waals surface area contributed by atoms with Crippen LogP contribution in [0.25, 0.3) is 11.0 Å². The molecule has 1 fully saturated rings. The van der Waals surface area contributed by atoms with Crippen molar-refractivity contribution in [2.24, 2.45) is 0 Å². The second-order valence-corrected chi connectivity index (χ2v) is 7.28. The van der Waals surface area contributed by atoms with Gasteiger partial charge in [-0.25, -0.2) is 4.98 Å². The van der Waals surface area contributed by atoms with E-state index in [1.165, 1.54) is 0 Å². The summed E-state index contributed by atoms with van der Waals surface area (Å²) in [6, 6.07) is 14.5. The molecule has 2 heterocycles. The zero-order valence-electron chi connectivity index (χ0n) is 16.8. The number of amides is 2. The number of carbonyl (C=O) groups is 2. The molecule has 0 bridgehead atoms. The van der Waals surface area contributed by atoms with E-state index in [4.69, 9.17) is 4.74 Å². The largest absolute Gasteiger partial charge is 0.495 e. The lowest BCUT2D eigenvalue weighted by Gasteiger charge is -2.21. The van der Waals surface area contributed by atoms with Gasteiger partial charge < -0.3 is 19.5 Å². The van der Waals surface area contributed by atoms with Crippen molar-refractivity contribution < 1.29 is 14.3 Å². The van der Waals surface area contributed by atoms with E-state index in [1.54, 1.807) is 12.0 Å². The lowest BCUT2D eigenvalue weighted by molar-refractivity contribution is -0.124. The molecule has 0 saturated carbocycles. The van der Waals surface area contributed by atoms with Gasteiger partial charge >= 0.3 is 0 Å². The van der Waals surface area contributed by atoms with Gasteiger partial charge in [0.2, 0.25) is 11.8 Å². The molecule has 1 aliphatic heterocycles. The molecule has 0 spiro atoms. The van der Waals surface area contributed by atoms with Gasteiger partial charge in [0, 0.05) is 13.0 Å². The fraction of sp³-hybridized carbons (Fsp3) is 0.318. The molecule has 2 amide bonds. The van der Waals surface area contributed by atoms with Crippen LogP contribution in [0.3, 0.4) is 0 Å². The maximum absolute atomic E-state index is 13.0. The quantitative estimate of drug-likeness (QED) is 0.724. The predicted molar refractivity (Wildman–Crippen MR) is 111 cm³/mol. The number of rotatable bonds is 5. The van der Waals surface area contributed by atoms with Crippen molar-refractivity contribution in [3.63, 3.8) is 0 Å². The highest BCUT2D eigenvalue weighted by Gasteiger charge is 2.34. The minimum Gasteiger partial charge on any atom is -0.495 e. The molecule has 2 atom stereocenters. The standard InChI is InChI=1S/C22H24N4O3/c1-14(26-15(2)23-17-8-4-5-9-18(17)26)22(28)24-16-12-21(27)25(13-16)19-10-6-7-11-20(19)29-3/h4-11,14,16H,12-13H2,1-3H3,(H,24,28). The molecule has 0 radical (unpaired) electrons. The topological polar surface area (TPSA) is 76.5 Å². The summed E-state index contributed by atoms with van der Waals surface area (Å²) in [6.07, 6.45) is 0.264. The van der Waals surface area contributed by atoms with Gasteiger partial charge in [-0.3, -0.25) is 9.59 Å². The number of hydrogen-bond acceptors (Lipinski definition) is 4. The predicted octanol–water partition coefficient (Wildman–Crippen LogP) is 2.84. The third-order valence-electron chi connectivity index (χ3n) is 5.39. The van der Waals surface area contributed by atoms with Gasteiger partial charge in [-0.15, -0.1) is 0 Å². The first kappa shape index (κ1) is 19.0. The van der Waals surface area contributed by atoms with Crippen molar-refractivity contribution in [2.75, 3.05) is 18.6 Å². The van der Waals surface area contributed by atoms with E-state index < -0.39 is 6.04 Å². The number of aromatic nitrogens is 2. The highest BCUT2D eigenvalue weighted by Crippen LogP contribution is 2.31. The van der Waals surface area contributed by atoms with Crippen molar-refractivity contribution >= 4 is 28.5 Å². The van der Waals surface area contributed by atoms with Gasteiger partial charge in [0.15, 0.2) is 0 Å². The van der Waals surface area contributed by atoms with E-state index in [1.807, 2.05) is 66.9 Å².